The van der Waals surface area contributed by atoms with Crippen molar-refractivity contribution >= 4 is 33.0 Å². The molecule has 0 amide bonds. The van der Waals surface area contributed by atoms with Gasteiger partial charge in [0, 0.05) is 5.71 Å². The molecular formula is C37H29N. The number of fused-ring (bicyclic) bond motifs is 2. The molecule has 6 aromatic carbocycles. The number of hydrogen-bond acceptors (Lipinski definition) is 1. The molecule has 0 spiro atoms. The summed E-state index contributed by atoms with van der Waals surface area (Å²) in [4.78, 5) is 4.79. The van der Waals surface area contributed by atoms with Crippen molar-refractivity contribution in [1.29, 1.82) is 0 Å². The summed E-state index contributed by atoms with van der Waals surface area (Å²) in [5.41, 5.74) is 10.1. The Kier molecular flexibility index (Phi) is 6.19. The summed E-state index contributed by atoms with van der Waals surface area (Å²) in [5, 5.41) is 5.05. The van der Waals surface area contributed by atoms with Crippen molar-refractivity contribution in [3.63, 3.8) is 0 Å². The molecular weight excluding hydrogens is 458 g/mol. The molecule has 0 unspecified atom stereocenters. The largest absolute Gasteiger partial charge is 0.253 e. The van der Waals surface area contributed by atoms with E-state index in [2.05, 4.69) is 123 Å². The van der Waals surface area contributed by atoms with Crippen LogP contribution in [0.3, 0.4) is 0 Å². The lowest BCUT2D eigenvalue weighted by Crippen LogP contribution is -1.95. The smallest absolute Gasteiger partial charge is 0.0633 e. The molecule has 182 valence electrons. The highest BCUT2D eigenvalue weighted by Crippen LogP contribution is 2.43. The van der Waals surface area contributed by atoms with Crippen molar-refractivity contribution in [3.05, 3.63) is 151 Å². The topological polar surface area (TPSA) is 12.4 Å². The first kappa shape index (κ1) is 23.6. The maximum atomic E-state index is 4.79. The van der Waals surface area contributed by atoms with Gasteiger partial charge in [0.05, 0.1) is 5.70 Å². The van der Waals surface area contributed by atoms with Gasteiger partial charge < -0.3 is 0 Å². The first-order valence-corrected chi connectivity index (χ1v) is 13.0. The predicted octanol–water partition coefficient (Wildman–Crippen LogP) is 10.1. The Morgan fingerprint density at radius 1 is 0.526 bits per heavy atom. The van der Waals surface area contributed by atoms with Crippen LogP contribution in [0.25, 0.3) is 49.5 Å². The number of rotatable bonds is 5. The lowest BCUT2D eigenvalue weighted by Gasteiger charge is -2.18. The number of nitrogens with zero attached hydrogens (tertiary/aromatic N) is 1. The van der Waals surface area contributed by atoms with Gasteiger partial charge in [-0.25, -0.2) is 0 Å². The minimum atomic E-state index is 0.766. The monoisotopic (exact) mass is 487 g/mol. The maximum Gasteiger partial charge on any atom is 0.0633 e. The average molecular weight is 488 g/mol. The van der Waals surface area contributed by atoms with Gasteiger partial charge in [0.15, 0.2) is 0 Å². The summed E-state index contributed by atoms with van der Waals surface area (Å²) in [6.07, 6.45) is 0. The van der Waals surface area contributed by atoms with Gasteiger partial charge in [0.2, 0.25) is 0 Å². The summed E-state index contributed by atoms with van der Waals surface area (Å²) in [6.45, 7) is 8.44. The van der Waals surface area contributed by atoms with E-state index in [1.807, 2.05) is 25.1 Å². The quantitative estimate of drug-likeness (QED) is 0.169. The van der Waals surface area contributed by atoms with Crippen molar-refractivity contribution in [1.82, 2.24) is 0 Å². The fourth-order valence-corrected chi connectivity index (χ4v) is 5.39. The van der Waals surface area contributed by atoms with Crippen LogP contribution >= 0.6 is 0 Å². The molecule has 0 aliphatic rings. The van der Waals surface area contributed by atoms with Gasteiger partial charge in [0.1, 0.15) is 0 Å². The van der Waals surface area contributed by atoms with Gasteiger partial charge >= 0.3 is 0 Å². The molecule has 0 bridgehead atoms. The zero-order valence-electron chi connectivity index (χ0n) is 21.8. The number of benzene rings is 6. The molecule has 0 aromatic heterocycles. The summed E-state index contributed by atoms with van der Waals surface area (Å²) >= 11 is 0. The predicted molar refractivity (Wildman–Crippen MR) is 165 cm³/mol. The first-order valence-electron chi connectivity index (χ1n) is 13.0. The minimum absolute atomic E-state index is 0.766. The van der Waals surface area contributed by atoms with Crippen molar-refractivity contribution in [2.24, 2.45) is 4.99 Å². The third kappa shape index (κ3) is 4.33. The van der Waals surface area contributed by atoms with Crippen molar-refractivity contribution in [2.45, 2.75) is 13.8 Å². The second-order valence-electron chi connectivity index (χ2n) is 9.80. The normalized spacial score (nSPS) is 11.7. The summed E-state index contributed by atoms with van der Waals surface area (Å²) in [7, 11) is 0. The molecule has 0 N–H and O–H groups in total. The Bertz CT molecular complexity index is 1770. The highest BCUT2D eigenvalue weighted by molar-refractivity contribution is 6.21. The van der Waals surface area contributed by atoms with Crippen LogP contribution in [0.5, 0.6) is 0 Å². The Morgan fingerprint density at radius 2 is 1.05 bits per heavy atom. The van der Waals surface area contributed by atoms with E-state index in [1.165, 1.54) is 49.4 Å². The molecule has 0 radical (unpaired) electrons. The Morgan fingerprint density at radius 3 is 1.61 bits per heavy atom. The van der Waals surface area contributed by atoms with E-state index in [4.69, 9.17) is 4.99 Å². The molecule has 0 aliphatic heterocycles. The fraction of sp³-hybridized carbons (Fsp3) is 0.0541. The van der Waals surface area contributed by atoms with Crippen molar-refractivity contribution in [2.75, 3.05) is 0 Å². The molecule has 0 saturated heterocycles. The second-order valence-corrected chi connectivity index (χ2v) is 9.80. The molecule has 0 fully saturated rings. The summed E-state index contributed by atoms with van der Waals surface area (Å²) in [6, 6.07) is 45.3. The molecule has 0 saturated carbocycles. The zero-order valence-corrected chi connectivity index (χ0v) is 21.8. The van der Waals surface area contributed by atoms with Gasteiger partial charge in [-0.05, 0) is 68.8 Å². The zero-order chi connectivity index (χ0) is 26.1. The van der Waals surface area contributed by atoms with E-state index < -0.39 is 0 Å². The van der Waals surface area contributed by atoms with E-state index in [0.29, 0.717) is 0 Å². The number of hydrogen-bond donors (Lipinski definition) is 0. The molecule has 0 aliphatic carbocycles. The second kappa shape index (κ2) is 9.95. The van der Waals surface area contributed by atoms with E-state index in [-0.39, 0.29) is 0 Å². The van der Waals surface area contributed by atoms with Gasteiger partial charge in [-0.15, -0.1) is 0 Å². The first-order chi connectivity index (χ1) is 18.6. The van der Waals surface area contributed by atoms with E-state index in [0.717, 1.165) is 22.5 Å². The maximum absolute atomic E-state index is 4.79. The molecule has 6 rings (SSSR count). The molecule has 0 atom stereocenters. The van der Waals surface area contributed by atoms with Crippen molar-refractivity contribution in [3.8, 4) is 22.3 Å². The van der Waals surface area contributed by atoms with Crippen LogP contribution in [0.2, 0.25) is 0 Å². The van der Waals surface area contributed by atoms with Gasteiger partial charge in [-0.2, -0.15) is 0 Å². The van der Waals surface area contributed by atoms with Crippen LogP contribution in [-0.4, -0.2) is 5.71 Å². The van der Waals surface area contributed by atoms with Crippen molar-refractivity contribution < 1.29 is 0 Å². The summed E-state index contributed by atoms with van der Waals surface area (Å²) in [5.74, 6) is 0. The van der Waals surface area contributed by atoms with Crippen LogP contribution < -0.4 is 0 Å². The fourth-order valence-electron chi connectivity index (χ4n) is 5.39. The van der Waals surface area contributed by atoms with Crippen LogP contribution in [0, 0.1) is 6.92 Å². The molecule has 1 nitrogen and oxygen atoms in total. The minimum Gasteiger partial charge on any atom is -0.253 e. The lowest BCUT2D eigenvalue weighted by atomic mass is 9.85. The third-order valence-corrected chi connectivity index (χ3v) is 7.24. The van der Waals surface area contributed by atoms with Gasteiger partial charge in [-0.3, -0.25) is 4.99 Å². The standard InChI is InChI=1S/C37H29N/c1-25-12-11-15-31(24-25)37-34-18-9-7-16-32(34)36(33-17-8-10-19-35(33)37)30-22-20-29(21-23-30)27(3)38-26(2)28-13-5-4-6-14-28/h4-24H,3H2,1-2H3. The van der Waals surface area contributed by atoms with E-state index in [1.54, 1.807) is 0 Å². The molecule has 1 heteroatoms. The number of aliphatic imine (C=N–C) groups is 1. The van der Waals surface area contributed by atoms with Crippen LogP contribution in [-0.2, 0) is 0 Å². The summed E-state index contributed by atoms with van der Waals surface area (Å²) < 4.78 is 0. The average Bonchev–Trinajstić information content (AvgIpc) is 2.96. The lowest BCUT2D eigenvalue weighted by molar-refractivity contribution is 1.47. The van der Waals surface area contributed by atoms with E-state index in [9.17, 15) is 0 Å². The van der Waals surface area contributed by atoms with Crippen LogP contribution in [0.15, 0.2) is 139 Å². The number of aryl methyl sites for hydroxylation is 1. The molecule has 6 aromatic rings. The molecule has 38 heavy (non-hydrogen) atoms. The Labute approximate surface area is 224 Å². The van der Waals surface area contributed by atoms with E-state index >= 15 is 0 Å². The Balaban J connectivity index is 1.49. The highest BCUT2D eigenvalue weighted by Gasteiger charge is 2.16. The SMILES string of the molecule is C=C(N=C(C)c1ccccc1)c1ccc(-c2c3ccccc3c(-c3cccc(C)c3)c3ccccc23)cc1. The highest BCUT2D eigenvalue weighted by atomic mass is 14.7. The van der Waals surface area contributed by atoms with Gasteiger partial charge in [0.25, 0.3) is 0 Å². The van der Waals surface area contributed by atoms with Crippen LogP contribution in [0.1, 0.15) is 23.6 Å². The van der Waals surface area contributed by atoms with Crippen LogP contribution in [0.4, 0.5) is 0 Å². The third-order valence-electron chi connectivity index (χ3n) is 7.24. The van der Waals surface area contributed by atoms with Gasteiger partial charge in [-0.1, -0.05) is 140 Å². The molecule has 0 heterocycles. The Hall–Kier alpha value is -4.75.